The summed E-state index contributed by atoms with van der Waals surface area (Å²) in [6.07, 6.45) is 3.81. The fourth-order valence-electron chi connectivity index (χ4n) is 3.39. The molecule has 0 aliphatic carbocycles. The van der Waals surface area contributed by atoms with Crippen molar-refractivity contribution in [3.05, 3.63) is 102 Å². The number of carbonyl (C=O) groups is 1. The van der Waals surface area contributed by atoms with Crippen LogP contribution in [0.1, 0.15) is 15.9 Å². The zero-order valence-corrected chi connectivity index (χ0v) is 17.7. The van der Waals surface area contributed by atoms with Crippen LogP contribution in [-0.2, 0) is 0 Å². The number of aryl methyl sites for hydroxylation is 1. The standard InChI is InChI=1S/C26H22N2OS/c1-18-7-5-8-19(15-18)24-17-22(30-2)12-13-23(24)26(29)28-21-10-6-9-20(16-21)25-11-3-4-14-27-25/h3-17H,1-2H3,(H,28,29). The van der Waals surface area contributed by atoms with Crippen LogP contribution in [0.25, 0.3) is 22.4 Å². The predicted molar refractivity (Wildman–Crippen MR) is 126 cm³/mol. The Morgan fingerprint density at radius 3 is 2.47 bits per heavy atom. The molecule has 0 spiro atoms. The number of rotatable bonds is 5. The zero-order chi connectivity index (χ0) is 20.9. The topological polar surface area (TPSA) is 42.0 Å². The summed E-state index contributed by atoms with van der Waals surface area (Å²) in [7, 11) is 0. The van der Waals surface area contributed by atoms with Crippen molar-refractivity contribution in [2.45, 2.75) is 11.8 Å². The Bertz CT molecular complexity index is 1190. The molecule has 1 heterocycles. The molecule has 30 heavy (non-hydrogen) atoms. The number of hydrogen-bond donors (Lipinski definition) is 1. The fourth-order valence-corrected chi connectivity index (χ4v) is 3.83. The highest BCUT2D eigenvalue weighted by atomic mass is 32.2. The molecular formula is C26H22N2OS. The van der Waals surface area contributed by atoms with Crippen LogP contribution < -0.4 is 5.32 Å². The first kappa shape index (κ1) is 19.9. The SMILES string of the molecule is CSc1ccc(C(=O)Nc2cccc(-c3ccccn3)c2)c(-c2cccc(C)c2)c1. The van der Waals surface area contributed by atoms with Gasteiger partial charge in [0.25, 0.3) is 5.91 Å². The maximum absolute atomic E-state index is 13.2. The molecule has 0 radical (unpaired) electrons. The number of anilines is 1. The van der Waals surface area contributed by atoms with Gasteiger partial charge < -0.3 is 5.32 Å². The number of pyridine rings is 1. The van der Waals surface area contributed by atoms with Crippen molar-refractivity contribution in [1.29, 1.82) is 0 Å². The highest BCUT2D eigenvalue weighted by molar-refractivity contribution is 7.98. The first-order valence-electron chi connectivity index (χ1n) is 9.72. The van der Waals surface area contributed by atoms with Gasteiger partial charge >= 0.3 is 0 Å². The number of nitrogens with zero attached hydrogens (tertiary/aromatic N) is 1. The lowest BCUT2D eigenvalue weighted by Gasteiger charge is -2.13. The summed E-state index contributed by atoms with van der Waals surface area (Å²) >= 11 is 1.67. The highest BCUT2D eigenvalue weighted by Crippen LogP contribution is 2.30. The summed E-state index contributed by atoms with van der Waals surface area (Å²) < 4.78 is 0. The summed E-state index contributed by atoms with van der Waals surface area (Å²) in [5.41, 5.74) is 6.37. The van der Waals surface area contributed by atoms with E-state index in [2.05, 4.69) is 35.4 Å². The second-order valence-corrected chi connectivity index (χ2v) is 7.91. The molecule has 1 aromatic heterocycles. The maximum Gasteiger partial charge on any atom is 0.256 e. The third-order valence-corrected chi connectivity index (χ3v) is 5.61. The van der Waals surface area contributed by atoms with Gasteiger partial charge in [0, 0.05) is 27.9 Å². The van der Waals surface area contributed by atoms with Crippen LogP contribution in [0.15, 0.2) is 96.0 Å². The molecule has 3 nitrogen and oxygen atoms in total. The van der Waals surface area contributed by atoms with Gasteiger partial charge in [-0.1, -0.05) is 48.0 Å². The van der Waals surface area contributed by atoms with E-state index in [4.69, 9.17) is 0 Å². The summed E-state index contributed by atoms with van der Waals surface area (Å²) in [6.45, 7) is 2.06. The Morgan fingerprint density at radius 1 is 0.867 bits per heavy atom. The predicted octanol–water partition coefficient (Wildman–Crippen LogP) is 6.70. The minimum Gasteiger partial charge on any atom is -0.322 e. The minimum absolute atomic E-state index is 0.127. The Hall–Kier alpha value is -3.37. The highest BCUT2D eigenvalue weighted by Gasteiger charge is 2.15. The van der Waals surface area contributed by atoms with E-state index in [1.54, 1.807) is 18.0 Å². The molecule has 3 aromatic carbocycles. The van der Waals surface area contributed by atoms with E-state index in [0.29, 0.717) is 5.56 Å². The number of thioether (sulfide) groups is 1. The van der Waals surface area contributed by atoms with Crippen molar-refractivity contribution < 1.29 is 4.79 Å². The van der Waals surface area contributed by atoms with Crippen LogP contribution in [0, 0.1) is 6.92 Å². The van der Waals surface area contributed by atoms with Gasteiger partial charge in [0.15, 0.2) is 0 Å². The lowest BCUT2D eigenvalue weighted by atomic mass is 9.97. The van der Waals surface area contributed by atoms with Gasteiger partial charge in [-0.15, -0.1) is 11.8 Å². The molecule has 0 saturated heterocycles. The summed E-state index contributed by atoms with van der Waals surface area (Å²) in [5, 5.41) is 3.06. The van der Waals surface area contributed by atoms with E-state index in [-0.39, 0.29) is 5.91 Å². The second-order valence-electron chi connectivity index (χ2n) is 7.03. The second kappa shape index (κ2) is 8.97. The van der Waals surface area contributed by atoms with Gasteiger partial charge in [-0.2, -0.15) is 0 Å². The molecule has 0 saturated carbocycles. The average molecular weight is 411 g/mol. The lowest BCUT2D eigenvalue weighted by molar-refractivity contribution is 0.102. The van der Waals surface area contributed by atoms with E-state index >= 15 is 0 Å². The molecule has 0 aliphatic heterocycles. The largest absolute Gasteiger partial charge is 0.322 e. The van der Waals surface area contributed by atoms with Gasteiger partial charge in [0.05, 0.1) is 5.69 Å². The molecular weight excluding hydrogens is 388 g/mol. The Balaban J connectivity index is 1.67. The van der Waals surface area contributed by atoms with Crippen molar-refractivity contribution in [2.75, 3.05) is 11.6 Å². The lowest BCUT2D eigenvalue weighted by Crippen LogP contribution is -2.13. The van der Waals surface area contributed by atoms with E-state index in [9.17, 15) is 4.79 Å². The van der Waals surface area contributed by atoms with Crippen molar-refractivity contribution in [1.82, 2.24) is 4.98 Å². The zero-order valence-electron chi connectivity index (χ0n) is 16.9. The summed E-state index contributed by atoms with van der Waals surface area (Å²) in [6, 6.07) is 27.8. The number of benzene rings is 3. The van der Waals surface area contributed by atoms with Crippen LogP contribution in [0.2, 0.25) is 0 Å². The molecule has 148 valence electrons. The van der Waals surface area contributed by atoms with Crippen LogP contribution in [-0.4, -0.2) is 17.1 Å². The van der Waals surface area contributed by atoms with Crippen molar-refractivity contribution >= 4 is 23.4 Å². The molecule has 0 fully saturated rings. The van der Waals surface area contributed by atoms with Gasteiger partial charge in [-0.05, 0) is 66.8 Å². The number of hydrogen-bond acceptors (Lipinski definition) is 3. The summed E-state index contributed by atoms with van der Waals surface area (Å²) in [5.74, 6) is -0.127. The molecule has 4 rings (SSSR count). The third-order valence-electron chi connectivity index (χ3n) is 4.88. The normalized spacial score (nSPS) is 10.6. The molecule has 1 amide bonds. The molecule has 1 N–H and O–H groups in total. The van der Waals surface area contributed by atoms with Gasteiger partial charge in [0.2, 0.25) is 0 Å². The van der Waals surface area contributed by atoms with Gasteiger partial charge in [-0.25, -0.2) is 0 Å². The smallest absolute Gasteiger partial charge is 0.256 e. The first-order chi connectivity index (χ1) is 14.6. The maximum atomic E-state index is 13.2. The van der Waals surface area contributed by atoms with Crippen molar-refractivity contribution in [3.8, 4) is 22.4 Å². The van der Waals surface area contributed by atoms with Crippen LogP contribution >= 0.6 is 11.8 Å². The van der Waals surface area contributed by atoms with Crippen LogP contribution in [0.3, 0.4) is 0 Å². The Labute approximate surface area is 181 Å². The van der Waals surface area contributed by atoms with Crippen LogP contribution in [0.5, 0.6) is 0 Å². The quantitative estimate of drug-likeness (QED) is 0.372. The van der Waals surface area contributed by atoms with Crippen LogP contribution in [0.4, 0.5) is 5.69 Å². The Morgan fingerprint density at radius 2 is 1.70 bits per heavy atom. The van der Waals surface area contributed by atoms with Crippen molar-refractivity contribution in [3.63, 3.8) is 0 Å². The fraction of sp³-hybridized carbons (Fsp3) is 0.0769. The third kappa shape index (κ3) is 4.44. The molecule has 0 unspecified atom stereocenters. The summed E-state index contributed by atoms with van der Waals surface area (Å²) in [4.78, 5) is 18.7. The first-order valence-corrected chi connectivity index (χ1v) is 10.9. The number of carbonyl (C=O) groups excluding carboxylic acids is 1. The molecule has 0 aliphatic rings. The average Bonchev–Trinajstić information content (AvgIpc) is 2.79. The molecule has 4 heteroatoms. The Kier molecular flexibility index (Phi) is 5.96. The molecule has 0 bridgehead atoms. The van der Waals surface area contributed by atoms with E-state index in [1.807, 2.05) is 73.0 Å². The molecule has 4 aromatic rings. The molecule has 0 atom stereocenters. The van der Waals surface area contributed by atoms with E-state index < -0.39 is 0 Å². The number of amides is 1. The van der Waals surface area contributed by atoms with Gasteiger partial charge in [0.1, 0.15) is 0 Å². The van der Waals surface area contributed by atoms with E-state index in [0.717, 1.165) is 38.5 Å². The van der Waals surface area contributed by atoms with E-state index in [1.165, 1.54) is 0 Å². The monoisotopic (exact) mass is 410 g/mol. The number of nitrogens with one attached hydrogen (secondary N) is 1. The minimum atomic E-state index is -0.127. The van der Waals surface area contributed by atoms with Crippen molar-refractivity contribution in [2.24, 2.45) is 0 Å². The number of aromatic nitrogens is 1. The van der Waals surface area contributed by atoms with Gasteiger partial charge in [-0.3, -0.25) is 9.78 Å².